The van der Waals surface area contributed by atoms with E-state index in [9.17, 15) is 14.0 Å². The van der Waals surface area contributed by atoms with Crippen LogP contribution in [0.15, 0.2) is 46.0 Å². The Bertz CT molecular complexity index is 996. The highest BCUT2D eigenvalue weighted by Gasteiger charge is 2.24. The Morgan fingerprint density at radius 1 is 1.15 bits per heavy atom. The number of hydrogen-bond acceptors (Lipinski definition) is 5. The zero-order valence-corrected chi connectivity index (χ0v) is 21.4. The van der Waals surface area contributed by atoms with Gasteiger partial charge in [0.2, 0.25) is 0 Å². The molecule has 0 bridgehead atoms. The Morgan fingerprint density at radius 2 is 1.85 bits per heavy atom. The molecule has 184 valence electrons. The summed E-state index contributed by atoms with van der Waals surface area (Å²) < 4.78 is 25.4. The molecule has 9 heteroatoms. The van der Waals surface area contributed by atoms with E-state index >= 15 is 0 Å². The summed E-state index contributed by atoms with van der Waals surface area (Å²) in [6, 6.07) is 7.88. The lowest BCUT2D eigenvalue weighted by Gasteiger charge is -2.20. The van der Waals surface area contributed by atoms with Gasteiger partial charge in [0, 0.05) is 5.56 Å². The number of amides is 2. The minimum absolute atomic E-state index is 0.196. The van der Waals surface area contributed by atoms with Crippen molar-refractivity contribution in [3.63, 3.8) is 0 Å². The lowest BCUT2D eigenvalue weighted by atomic mass is 10.0. The molecule has 1 unspecified atom stereocenters. The molecular weight excluding hydrogens is 505 g/mol. The maximum absolute atomic E-state index is 13.1. The number of nitrogens with one attached hydrogen (secondary N) is 2. The summed E-state index contributed by atoms with van der Waals surface area (Å²) in [5.41, 5.74) is 3.43. The first-order chi connectivity index (χ1) is 16.3. The first-order valence-electron chi connectivity index (χ1n) is 11.2. The van der Waals surface area contributed by atoms with Crippen molar-refractivity contribution in [1.82, 2.24) is 10.7 Å². The lowest BCUT2D eigenvalue weighted by Crippen LogP contribution is -2.48. The number of hydrazone groups is 1. The van der Waals surface area contributed by atoms with Gasteiger partial charge in [-0.2, -0.15) is 5.10 Å². The van der Waals surface area contributed by atoms with Crippen LogP contribution in [0.3, 0.4) is 0 Å². The number of unbranched alkanes of at least 4 members (excludes halogenated alkanes) is 1. The van der Waals surface area contributed by atoms with E-state index in [2.05, 4.69) is 38.7 Å². The zero-order chi connectivity index (χ0) is 25.1. The third kappa shape index (κ3) is 8.13. The van der Waals surface area contributed by atoms with Crippen molar-refractivity contribution in [2.45, 2.75) is 46.6 Å². The van der Waals surface area contributed by atoms with Crippen LogP contribution in [0.2, 0.25) is 0 Å². The fourth-order valence-electron chi connectivity index (χ4n) is 2.98. The number of benzene rings is 2. The summed E-state index contributed by atoms with van der Waals surface area (Å²) in [6.07, 6.45) is 3.44. The third-order valence-electron chi connectivity index (χ3n) is 4.81. The van der Waals surface area contributed by atoms with Crippen molar-refractivity contribution in [3.8, 4) is 11.5 Å². The summed E-state index contributed by atoms with van der Waals surface area (Å²) in [4.78, 5) is 25.1. The van der Waals surface area contributed by atoms with Gasteiger partial charge in [-0.15, -0.1) is 0 Å². The van der Waals surface area contributed by atoms with E-state index in [1.54, 1.807) is 6.07 Å². The average molecular weight is 536 g/mol. The number of halogens is 2. The van der Waals surface area contributed by atoms with Crippen LogP contribution in [-0.4, -0.2) is 37.3 Å². The molecule has 0 saturated heterocycles. The van der Waals surface area contributed by atoms with Gasteiger partial charge >= 0.3 is 0 Å². The molecule has 0 fully saturated rings. The van der Waals surface area contributed by atoms with E-state index in [1.807, 2.05) is 26.8 Å². The van der Waals surface area contributed by atoms with Crippen LogP contribution in [0.4, 0.5) is 4.39 Å². The average Bonchev–Trinajstić information content (AvgIpc) is 2.79. The van der Waals surface area contributed by atoms with Crippen LogP contribution in [-0.2, 0) is 4.79 Å². The van der Waals surface area contributed by atoms with Gasteiger partial charge in [-0.05, 0) is 77.2 Å². The molecular formula is C25H31BrFN3O4. The second kappa shape index (κ2) is 13.7. The van der Waals surface area contributed by atoms with E-state index in [1.165, 1.54) is 30.5 Å². The van der Waals surface area contributed by atoms with Crippen molar-refractivity contribution in [1.29, 1.82) is 0 Å². The van der Waals surface area contributed by atoms with Crippen LogP contribution in [0.5, 0.6) is 11.5 Å². The monoisotopic (exact) mass is 535 g/mol. The fraction of sp³-hybridized carbons (Fsp3) is 0.400. The zero-order valence-electron chi connectivity index (χ0n) is 19.9. The quantitative estimate of drug-likeness (QED) is 0.225. The van der Waals surface area contributed by atoms with E-state index in [0.29, 0.717) is 34.7 Å². The van der Waals surface area contributed by atoms with Crippen LogP contribution >= 0.6 is 15.9 Å². The molecule has 0 heterocycles. The predicted octanol–water partition coefficient (Wildman–Crippen LogP) is 5.07. The molecule has 2 aromatic rings. The van der Waals surface area contributed by atoms with Crippen molar-refractivity contribution >= 4 is 34.0 Å². The molecule has 0 aliphatic rings. The van der Waals surface area contributed by atoms with Crippen LogP contribution in [0, 0.1) is 11.7 Å². The Labute approximate surface area is 208 Å². The maximum Gasteiger partial charge on any atom is 0.262 e. The fourth-order valence-corrected chi connectivity index (χ4v) is 3.56. The maximum atomic E-state index is 13.1. The highest BCUT2D eigenvalue weighted by atomic mass is 79.9. The van der Waals surface area contributed by atoms with Gasteiger partial charge in [0.1, 0.15) is 11.9 Å². The molecule has 2 rings (SSSR count). The highest BCUT2D eigenvalue weighted by Crippen LogP contribution is 2.36. The van der Waals surface area contributed by atoms with Gasteiger partial charge in [0.25, 0.3) is 11.8 Å². The second-order valence-electron chi connectivity index (χ2n) is 7.90. The Balaban J connectivity index is 2.08. The molecule has 2 aromatic carbocycles. The van der Waals surface area contributed by atoms with E-state index in [-0.39, 0.29) is 11.5 Å². The second-order valence-corrected chi connectivity index (χ2v) is 8.76. The number of hydrogen-bond donors (Lipinski definition) is 2. The number of carbonyl (C=O) groups is 2. The predicted molar refractivity (Wildman–Crippen MR) is 134 cm³/mol. The lowest BCUT2D eigenvalue weighted by molar-refractivity contribution is -0.123. The largest absolute Gasteiger partial charge is 0.490 e. The normalized spacial score (nSPS) is 12.0. The Morgan fingerprint density at radius 3 is 2.47 bits per heavy atom. The molecule has 0 aromatic heterocycles. The molecule has 1 atom stereocenters. The van der Waals surface area contributed by atoms with Crippen molar-refractivity contribution < 1.29 is 23.5 Å². The first kappa shape index (κ1) is 27.3. The minimum Gasteiger partial charge on any atom is -0.490 e. The molecule has 0 saturated carbocycles. The van der Waals surface area contributed by atoms with Crippen molar-refractivity contribution in [2.75, 3.05) is 13.2 Å². The van der Waals surface area contributed by atoms with E-state index in [0.717, 1.165) is 12.8 Å². The Hall–Kier alpha value is -2.94. The van der Waals surface area contributed by atoms with Gasteiger partial charge in [-0.25, -0.2) is 9.82 Å². The number of nitrogens with zero attached hydrogens (tertiary/aromatic N) is 1. The molecule has 0 aliphatic carbocycles. The molecule has 34 heavy (non-hydrogen) atoms. The third-order valence-corrected chi connectivity index (χ3v) is 5.40. The smallest absolute Gasteiger partial charge is 0.262 e. The topological polar surface area (TPSA) is 89.0 Å². The van der Waals surface area contributed by atoms with Crippen LogP contribution in [0.25, 0.3) is 0 Å². The minimum atomic E-state index is -0.824. The number of carbonyl (C=O) groups excluding carboxylic acids is 2. The summed E-state index contributed by atoms with van der Waals surface area (Å²) in [7, 11) is 0. The van der Waals surface area contributed by atoms with Gasteiger partial charge in [-0.3, -0.25) is 9.59 Å². The summed E-state index contributed by atoms with van der Waals surface area (Å²) in [6.45, 7) is 8.64. The molecule has 0 radical (unpaired) electrons. The molecule has 0 spiro atoms. The van der Waals surface area contributed by atoms with E-state index in [4.69, 9.17) is 9.47 Å². The molecule has 0 aliphatic heterocycles. The van der Waals surface area contributed by atoms with Gasteiger partial charge in [0.15, 0.2) is 11.5 Å². The van der Waals surface area contributed by atoms with Crippen LogP contribution in [0.1, 0.15) is 56.5 Å². The summed E-state index contributed by atoms with van der Waals surface area (Å²) >= 11 is 3.51. The summed E-state index contributed by atoms with van der Waals surface area (Å²) in [5.74, 6) is -0.374. The van der Waals surface area contributed by atoms with E-state index < -0.39 is 23.7 Å². The number of rotatable bonds is 12. The van der Waals surface area contributed by atoms with Gasteiger partial charge in [0.05, 0.1) is 23.9 Å². The van der Waals surface area contributed by atoms with Crippen molar-refractivity contribution in [3.05, 3.63) is 57.8 Å². The van der Waals surface area contributed by atoms with Gasteiger partial charge < -0.3 is 14.8 Å². The molecule has 2 N–H and O–H groups in total. The number of ether oxygens (including phenoxy) is 2. The first-order valence-corrected chi connectivity index (χ1v) is 12.0. The molecule has 7 nitrogen and oxygen atoms in total. The standard InChI is InChI=1S/C25H31BrFN3O4/c1-5-7-12-34-23-20(26)13-17(14-21(23)33-6-2)15-28-30-25(32)22(16(3)4)29-24(31)18-8-10-19(27)11-9-18/h8-11,13-16,22H,5-7,12H2,1-4H3,(H,29,31)(H,30,32). The Kier molecular flexibility index (Phi) is 11.0. The van der Waals surface area contributed by atoms with Crippen LogP contribution < -0.4 is 20.2 Å². The van der Waals surface area contributed by atoms with Crippen molar-refractivity contribution in [2.24, 2.45) is 11.0 Å². The van der Waals surface area contributed by atoms with Gasteiger partial charge in [-0.1, -0.05) is 27.2 Å². The SMILES string of the molecule is CCCCOc1c(Br)cc(C=NNC(=O)C(NC(=O)c2ccc(F)cc2)C(C)C)cc1OCC. The summed E-state index contributed by atoms with van der Waals surface area (Å²) in [5, 5.41) is 6.72. The molecule has 2 amide bonds. The highest BCUT2D eigenvalue weighted by molar-refractivity contribution is 9.10.